The van der Waals surface area contributed by atoms with Crippen LogP contribution in [0.15, 0.2) is 58.8 Å². The van der Waals surface area contributed by atoms with E-state index in [1.807, 2.05) is 6.07 Å². The molecular weight excluding hydrogens is 244 g/mol. The van der Waals surface area contributed by atoms with Crippen LogP contribution in [0.25, 0.3) is 0 Å². The van der Waals surface area contributed by atoms with Gasteiger partial charge in [-0.1, -0.05) is 12.1 Å². The fraction of sp³-hybridized carbons (Fsp3) is 0. The highest BCUT2D eigenvalue weighted by Crippen LogP contribution is 2.23. The number of rotatable bonds is 3. The molecule has 2 rings (SSSR count). The SMILES string of the molecule is N#Cc1ccccc1N=Nc1ccc([N+](=O)[O-])cc1. The zero-order valence-electron chi connectivity index (χ0n) is 9.72. The predicted octanol–water partition coefficient (Wildman–Crippen LogP) is 3.88. The molecule has 2 aromatic rings. The molecule has 0 aliphatic heterocycles. The summed E-state index contributed by atoms with van der Waals surface area (Å²) in [5.74, 6) is 0. The molecule has 0 aliphatic carbocycles. The number of benzene rings is 2. The van der Waals surface area contributed by atoms with Crippen molar-refractivity contribution in [3.8, 4) is 6.07 Å². The third-order valence-electron chi connectivity index (χ3n) is 2.36. The monoisotopic (exact) mass is 252 g/mol. The van der Waals surface area contributed by atoms with E-state index < -0.39 is 4.92 Å². The quantitative estimate of drug-likeness (QED) is 0.471. The summed E-state index contributed by atoms with van der Waals surface area (Å²) >= 11 is 0. The van der Waals surface area contributed by atoms with Crippen molar-refractivity contribution in [2.75, 3.05) is 0 Å². The minimum atomic E-state index is -0.480. The second kappa shape index (κ2) is 5.51. The number of nitro groups is 1. The molecule has 0 saturated carbocycles. The van der Waals surface area contributed by atoms with Crippen molar-refractivity contribution in [2.45, 2.75) is 0 Å². The molecule has 92 valence electrons. The maximum Gasteiger partial charge on any atom is 0.269 e. The van der Waals surface area contributed by atoms with Crippen LogP contribution in [0.2, 0.25) is 0 Å². The molecule has 6 nitrogen and oxygen atoms in total. The third kappa shape index (κ3) is 2.98. The zero-order valence-corrected chi connectivity index (χ0v) is 9.72. The first-order valence-corrected chi connectivity index (χ1v) is 5.36. The summed E-state index contributed by atoms with van der Waals surface area (Å²) in [6.07, 6.45) is 0. The van der Waals surface area contributed by atoms with Gasteiger partial charge in [0.05, 0.1) is 16.2 Å². The second-order valence-corrected chi connectivity index (χ2v) is 3.60. The van der Waals surface area contributed by atoms with Gasteiger partial charge in [-0.15, -0.1) is 5.11 Å². The van der Waals surface area contributed by atoms with E-state index in [2.05, 4.69) is 10.2 Å². The van der Waals surface area contributed by atoms with Crippen LogP contribution < -0.4 is 0 Å². The fourth-order valence-corrected chi connectivity index (χ4v) is 1.41. The summed E-state index contributed by atoms with van der Waals surface area (Å²) in [5, 5.41) is 27.3. The molecule has 0 aliphatic rings. The van der Waals surface area contributed by atoms with Crippen LogP contribution >= 0.6 is 0 Å². The van der Waals surface area contributed by atoms with Gasteiger partial charge in [-0.2, -0.15) is 10.4 Å². The maximum atomic E-state index is 10.5. The van der Waals surface area contributed by atoms with Gasteiger partial charge < -0.3 is 0 Å². The van der Waals surface area contributed by atoms with Crippen LogP contribution in [0.3, 0.4) is 0 Å². The summed E-state index contributed by atoms with van der Waals surface area (Å²) in [5.41, 5.74) is 1.37. The number of nitro benzene ring substituents is 1. The average Bonchev–Trinajstić information content (AvgIpc) is 2.45. The highest BCUT2D eigenvalue weighted by atomic mass is 16.6. The first-order valence-electron chi connectivity index (χ1n) is 5.36. The van der Waals surface area contributed by atoms with E-state index in [1.165, 1.54) is 24.3 Å². The van der Waals surface area contributed by atoms with E-state index in [0.29, 0.717) is 16.9 Å². The lowest BCUT2D eigenvalue weighted by Gasteiger charge is -1.95. The van der Waals surface area contributed by atoms with Crippen molar-refractivity contribution in [2.24, 2.45) is 10.2 Å². The topological polar surface area (TPSA) is 91.7 Å². The minimum absolute atomic E-state index is 0.00336. The van der Waals surface area contributed by atoms with E-state index >= 15 is 0 Å². The Morgan fingerprint density at radius 3 is 2.37 bits per heavy atom. The number of hydrogen-bond donors (Lipinski definition) is 0. The van der Waals surface area contributed by atoms with Crippen molar-refractivity contribution in [1.29, 1.82) is 5.26 Å². The lowest BCUT2D eigenvalue weighted by molar-refractivity contribution is -0.384. The Morgan fingerprint density at radius 1 is 1.05 bits per heavy atom. The highest BCUT2D eigenvalue weighted by molar-refractivity contribution is 5.53. The molecule has 0 spiro atoms. The van der Waals surface area contributed by atoms with Crippen LogP contribution in [-0.2, 0) is 0 Å². The Labute approximate surface area is 108 Å². The molecule has 0 saturated heterocycles. The fourth-order valence-electron chi connectivity index (χ4n) is 1.41. The van der Waals surface area contributed by atoms with Gasteiger partial charge >= 0.3 is 0 Å². The molecule has 19 heavy (non-hydrogen) atoms. The Balaban J connectivity index is 2.23. The standard InChI is InChI=1S/C13H8N4O2/c14-9-10-3-1-2-4-13(10)16-15-11-5-7-12(8-6-11)17(18)19/h1-8H. The van der Waals surface area contributed by atoms with Gasteiger partial charge in [0.2, 0.25) is 0 Å². The van der Waals surface area contributed by atoms with E-state index in [4.69, 9.17) is 5.26 Å². The molecular formula is C13H8N4O2. The lowest BCUT2D eigenvalue weighted by atomic mass is 10.2. The number of hydrogen-bond acceptors (Lipinski definition) is 5. The smallest absolute Gasteiger partial charge is 0.258 e. The van der Waals surface area contributed by atoms with Gasteiger partial charge in [-0.3, -0.25) is 10.1 Å². The van der Waals surface area contributed by atoms with Crippen LogP contribution in [0.4, 0.5) is 17.1 Å². The summed E-state index contributed by atoms with van der Waals surface area (Å²) < 4.78 is 0. The van der Waals surface area contributed by atoms with Gasteiger partial charge in [0, 0.05) is 12.1 Å². The molecule has 0 aromatic heterocycles. The maximum absolute atomic E-state index is 10.5. The van der Waals surface area contributed by atoms with Crippen LogP contribution in [0.1, 0.15) is 5.56 Å². The zero-order chi connectivity index (χ0) is 13.7. The molecule has 2 aromatic carbocycles. The Bertz CT molecular complexity index is 672. The summed E-state index contributed by atoms with van der Waals surface area (Å²) in [6.45, 7) is 0. The van der Waals surface area contributed by atoms with Gasteiger partial charge in [0.1, 0.15) is 11.8 Å². The molecule has 0 unspecified atom stereocenters. The van der Waals surface area contributed by atoms with Gasteiger partial charge in [0.25, 0.3) is 5.69 Å². The van der Waals surface area contributed by atoms with Crippen molar-refractivity contribution < 1.29 is 4.92 Å². The van der Waals surface area contributed by atoms with Crippen molar-refractivity contribution in [1.82, 2.24) is 0 Å². The molecule has 0 fully saturated rings. The van der Waals surface area contributed by atoms with E-state index in [9.17, 15) is 10.1 Å². The third-order valence-corrected chi connectivity index (χ3v) is 2.36. The Kier molecular flexibility index (Phi) is 3.59. The Hall–Kier alpha value is -3.07. The van der Waals surface area contributed by atoms with Gasteiger partial charge in [0.15, 0.2) is 0 Å². The van der Waals surface area contributed by atoms with E-state index in [1.54, 1.807) is 24.3 Å². The highest BCUT2D eigenvalue weighted by Gasteiger charge is 2.03. The molecule has 0 N–H and O–H groups in total. The number of nitriles is 1. The van der Waals surface area contributed by atoms with Crippen molar-refractivity contribution in [3.63, 3.8) is 0 Å². The normalized spacial score (nSPS) is 10.3. The van der Waals surface area contributed by atoms with Crippen LogP contribution in [-0.4, -0.2) is 4.92 Å². The largest absolute Gasteiger partial charge is 0.269 e. The molecule has 0 radical (unpaired) electrons. The summed E-state index contributed by atoms with van der Waals surface area (Å²) in [6, 6.07) is 14.5. The van der Waals surface area contributed by atoms with Gasteiger partial charge in [-0.05, 0) is 24.3 Å². The number of non-ortho nitro benzene ring substituents is 1. The predicted molar refractivity (Wildman–Crippen MR) is 68.4 cm³/mol. The second-order valence-electron chi connectivity index (χ2n) is 3.60. The molecule has 0 amide bonds. The molecule has 6 heteroatoms. The summed E-state index contributed by atoms with van der Waals surface area (Å²) in [7, 11) is 0. The van der Waals surface area contributed by atoms with E-state index in [-0.39, 0.29) is 5.69 Å². The molecule has 0 atom stereocenters. The first kappa shape index (κ1) is 12.4. The number of nitrogens with zero attached hydrogens (tertiary/aromatic N) is 4. The van der Waals surface area contributed by atoms with E-state index in [0.717, 1.165) is 0 Å². The average molecular weight is 252 g/mol. The minimum Gasteiger partial charge on any atom is -0.258 e. The van der Waals surface area contributed by atoms with Crippen LogP contribution in [0.5, 0.6) is 0 Å². The lowest BCUT2D eigenvalue weighted by Crippen LogP contribution is -1.85. The van der Waals surface area contributed by atoms with Gasteiger partial charge in [-0.25, -0.2) is 0 Å². The molecule has 0 bridgehead atoms. The Morgan fingerprint density at radius 2 is 1.74 bits per heavy atom. The molecule has 0 heterocycles. The number of azo groups is 1. The summed E-state index contributed by atoms with van der Waals surface area (Å²) in [4.78, 5) is 10.0. The van der Waals surface area contributed by atoms with Crippen molar-refractivity contribution >= 4 is 17.1 Å². The van der Waals surface area contributed by atoms with Crippen LogP contribution in [0, 0.1) is 21.4 Å². The van der Waals surface area contributed by atoms with Crippen molar-refractivity contribution in [3.05, 3.63) is 64.2 Å². The first-order chi connectivity index (χ1) is 9.20.